The molecule has 2 heteroatoms. The molecule has 0 heterocycles. The van der Waals surface area contributed by atoms with Gasteiger partial charge in [-0.05, 0) is 43.4 Å². The van der Waals surface area contributed by atoms with Crippen LogP contribution in [0.3, 0.4) is 0 Å². The van der Waals surface area contributed by atoms with Crippen LogP contribution in [0.4, 0.5) is 0 Å². The van der Waals surface area contributed by atoms with Crippen LogP contribution < -0.4 is 5.73 Å². The van der Waals surface area contributed by atoms with Crippen molar-refractivity contribution in [1.29, 1.82) is 0 Å². The summed E-state index contributed by atoms with van der Waals surface area (Å²) in [6.45, 7) is 4.13. The van der Waals surface area contributed by atoms with Gasteiger partial charge in [0.25, 0.3) is 0 Å². The fourth-order valence-corrected chi connectivity index (χ4v) is 2.29. The number of rotatable bonds is 4. The van der Waals surface area contributed by atoms with E-state index in [1.165, 1.54) is 16.7 Å². The highest BCUT2D eigenvalue weighted by molar-refractivity contribution is 5.85. The van der Waals surface area contributed by atoms with Crippen LogP contribution in [-0.4, -0.2) is 0 Å². The van der Waals surface area contributed by atoms with Crippen LogP contribution in [0.15, 0.2) is 54.6 Å². The predicted molar refractivity (Wildman–Crippen MR) is 84.8 cm³/mol. The summed E-state index contributed by atoms with van der Waals surface area (Å²) in [5.74, 6) is 0. The lowest BCUT2D eigenvalue weighted by atomic mass is 9.88. The standard InChI is InChI=1S/C17H21N.ClH/c1-17(2,18)16-11-7-6-10-15(16)13-12-14-8-4-3-5-9-14;/h3-11H,12-13,18H2,1-2H3;1H. The Balaban J connectivity index is 0.00000180. The van der Waals surface area contributed by atoms with Gasteiger partial charge in [0.2, 0.25) is 0 Å². The third-order valence-electron chi connectivity index (χ3n) is 3.24. The number of aryl methyl sites for hydroxylation is 2. The molecular weight excluding hydrogens is 254 g/mol. The van der Waals surface area contributed by atoms with Gasteiger partial charge in [0.15, 0.2) is 0 Å². The van der Waals surface area contributed by atoms with Crippen molar-refractivity contribution < 1.29 is 0 Å². The smallest absolute Gasteiger partial charge is 0.0355 e. The molecule has 0 amide bonds. The van der Waals surface area contributed by atoms with E-state index in [0.29, 0.717) is 0 Å². The Morgan fingerprint density at radius 2 is 1.42 bits per heavy atom. The largest absolute Gasteiger partial charge is 0.322 e. The molecule has 1 nitrogen and oxygen atoms in total. The highest BCUT2D eigenvalue weighted by atomic mass is 35.5. The molecule has 0 spiro atoms. The topological polar surface area (TPSA) is 26.0 Å². The first-order chi connectivity index (χ1) is 8.57. The van der Waals surface area contributed by atoms with Gasteiger partial charge in [0, 0.05) is 5.54 Å². The second-order valence-electron chi connectivity index (χ2n) is 5.36. The Kier molecular flexibility index (Phi) is 5.59. The molecule has 0 bridgehead atoms. The molecule has 0 radical (unpaired) electrons. The van der Waals surface area contributed by atoms with E-state index >= 15 is 0 Å². The van der Waals surface area contributed by atoms with E-state index in [2.05, 4.69) is 68.4 Å². The summed E-state index contributed by atoms with van der Waals surface area (Å²) in [5, 5.41) is 0. The van der Waals surface area contributed by atoms with Crippen molar-refractivity contribution >= 4 is 12.4 Å². The predicted octanol–water partition coefficient (Wildman–Crippen LogP) is 4.09. The van der Waals surface area contributed by atoms with Crippen LogP contribution in [0.2, 0.25) is 0 Å². The van der Waals surface area contributed by atoms with E-state index in [4.69, 9.17) is 5.73 Å². The lowest BCUT2D eigenvalue weighted by Gasteiger charge is -2.23. The quantitative estimate of drug-likeness (QED) is 0.894. The molecule has 0 aliphatic carbocycles. The van der Waals surface area contributed by atoms with Crippen LogP contribution in [0.25, 0.3) is 0 Å². The van der Waals surface area contributed by atoms with Gasteiger partial charge in [-0.1, -0.05) is 54.6 Å². The summed E-state index contributed by atoms with van der Waals surface area (Å²) >= 11 is 0. The van der Waals surface area contributed by atoms with Crippen molar-refractivity contribution in [3.05, 3.63) is 71.3 Å². The van der Waals surface area contributed by atoms with Gasteiger partial charge in [-0.15, -0.1) is 12.4 Å². The van der Waals surface area contributed by atoms with Gasteiger partial charge in [0.1, 0.15) is 0 Å². The average molecular weight is 276 g/mol. The van der Waals surface area contributed by atoms with Gasteiger partial charge in [-0.25, -0.2) is 0 Å². The van der Waals surface area contributed by atoms with Gasteiger partial charge < -0.3 is 5.73 Å². The maximum absolute atomic E-state index is 6.23. The fraction of sp³-hybridized carbons (Fsp3) is 0.294. The molecule has 0 unspecified atom stereocenters. The minimum Gasteiger partial charge on any atom is -0.322 e. The molecule has 2 aromatic carbocycles. The average Bonchev–Trinajstić information content (AvgIpc) is 2.37. The number of nitrogens with two attached hydrogens (primary N) is 1. The zero-order valence-electron chi connectivity index (χ0n) is 11.6. The third-order valence-corrected chi connectivity index (χ3v) is 3.24. The first-order valence-electron chi connectivity index (χ1n) is 6.48. The second-order valence-corrected chi connectivity index (χ2v) is 5.36. The van der Waals surface area contributed by atoms with Crippen LogP contribution >= 0.6 is 12.4 Å². The van der Waals surface area contributed by atoms with Crippen LogP contribution in [0, 0.1) is 0 Å². The van der Waals surface area contributed by atoms with Gasteiger partial charge in [0.05, 0.1) is 0 Å². The maximum atomic E-state index is 6.23. The van der Waals surface area contributed by atoms with E-state index in [1.807, 2.05) is 0 Å². The molecule has 0 saturated heterocycles. The highest BCUT2D eigenvalue weighted by Gasteiger charge is 2.17. The molecule has 0 aliphatic rings. The Bertz CT molecular complexity index is 500. The van der Waals surface area contributed by atoms with E-state index < -0.39 is 0 Å². The summed E-state index contributed by atoms with van der Waals surface area (Å²) in [7, 11) is 0. The number of hydrogen-bond donors (Lipinski definition) is 1. The van der Waals surface area contributed by atoms with Crippen molar-refractivity contribution in [1.82, 2.24) is 0 Å². The first-order valence-corrected chi connectivity index (χ1v) is 6.48. The van der Waals surface area contributed by atoms with Crippen molar-refractivity contribution in [2.24, 2.45) is 5.73 Å². The van der Waals surface area contributed by atoms with Gasteiger partial charge >= 0.3 is 0 Å². The van der Waals surface area contributed by atoms with Crippen molar-refractivity contribution in [2.45, 2.75) is 32.2 Å². The van der Waals surface area contributed by atoms with E-state index in [9.17, 15) is 0 Å². The number of hydrogen-bond acceptors (Lipinski definition) is 1. The maximum Gasteiger partial charge on any atom is 0.0355 e. The fourth-order valence-electron chi connectivity index (χ4n) is 2.29. The highest BCUT2D eigenvalue weighted by Crippen LogP contribution is 2.22. The van der Waals surface area contributed by atoms with E-state index in [0.717, 1.165) is 12.8 Å². The summed E-state index contributed by atoms with van der Waals surface area (Å²) in [6.07, 6.45) is 2.11. The summed E-state index contributed by atoms with van der Waals surface area (Å²) in [5.41, 5.74) is 9.94. The van der Waals surface area contributed by atoms with E-state index in [1.54, 1.807) is 0 Å². The van der Waals surface area contributed by atoms with Crippen molar-refractivity contribution in [2.75, 3.05) is 0 Å². The SMILES string of the molecule is CC(C)(N)c1ccccc1CCc1ccccc1.Cl. The van der Waals surface area contributed by atoms with E-state index in [-0.39, 0.29) is 17.9 Å². The zero-order valence-corrected chi connectivity index (χ0v) is 12.4. The van der Waals surface area contributed by atoms with Crippen molar-refractivity contribution in [3.63, 3.8) is 0 Å². The number of halogens is 1. The number of benzene rings is 2. The molecule has 0 fully saturated rings. The molecule has 2 aromatic rings. The first kappa shape index (κ1) is 15.7. The Hall–Kier alpha value is -1.31. The van der Waals surface area contributed by atoms with Crippen LogP contribution in [0.1, 0.15) is 30.5 Å². The van der Waals surface area contributed by atoms with Gasteiger partial charge in [-0.3, -0.25) is 0 Å². The normalized spacial score (nSPS) is 10.9. The lowest BCUT2D eigenvalue weighted by molar-refractivity contribution is 0.547. The monoisotopic (exact) mass is 275 g/mol. The molecule has 19 heavy (non-hydrogen) atoms. The second kappa shape index (κ2) is 6.74. The summed E-state index contributed by atoms with van der Waals surface area (Å²) in [6, 6.07) is 19.1. The Morgan fingerprint density at radius 1 is 0.842 bits per heavy atom. The van der Waals surface area contributed by atoms with Crippen LogP contribution in [0.5, 0.6) is 0 Å². The van der Waals surface area contributed by atoms with Crippen LogP contribution in [-0.2, 0) is 18.4 Å². The minimum absolute atomic E-state index is 0. The lowest BCUT2D eigenvalue weighted by Crippen LogP contribution is -2.30. The Morgan fingerprint density at radius 3 is 2.05 bits per heavy atom. The molecular formula is C17H22ClN. The zero-order chi connectivity index (χ0) is 13.0. The molecule has 2 rings (SSSR count). The van der Waals surface area contributed by atoms with Gasteiger partial charge in [-0.2, -0.15) is 0 Å². The summed E-state index contributed by atoms with van der Waals surface area (Å²) < 4.78 is 0. The Labute approximate surface area is 122 Å². The summed E-state index contributed by atoms with van der Waals surface area (Å²) in [4.78, 5) is 0. The molecule has 0 aliphatic heterocycles. The molecule has 0 aromatic heterocycles. The van der Waals surface area contributed by atoms with Crippen molar-refractivity contribution in [3.8, 4) is 0 Å². The minimum atomic E-state index is -0.271. The molecule has 2 N–H and O–H groups in total. The molecule has 102 valence electrons. The molecule has 0 atom stereocenters. The molecule has 0 saturated carbocycles. The third kappa shape index (κ3) is 4.38.